The lowest BCUT2D eigenvalue weighted by Gasteiger charge is -2.17. The van der Waals surface area contributed by atoms with Crippen molar-refractivity contribution in [2.75, 3.05) is 7.11 Å². The molecule has 9 nitrogen and oxygen atoms in total. The van der Waals surface area contributed by atoms with E-state index in [1.807, 2.05) is 19.1 Å². The Morgan fingerprint density at radius 2 is 1.88 bits per heavy atom. The number of hydrogen-bond donors (Lipinski definition) is 1. The predicted molar refractivity (Wildman–Crippen MR) is 150 cm³/mol. The van der Waals surface area contributed by atoms with Crippen molar-refractivity contribution >= 4 is 40.5 Å². The van der Waals surface area contributed by atoms with E-state index in [2.05, 4.69) is 9.97 Å². The molecule has 5 aromatic rings. The van der Waals surface area contributed by atoms with Crippen molar-refractivity contribution in [1.82, 2.24) is 14.4 Å². The van der Waals surface area contributed by atoms with E-state index in [1.165, 1.54) is 18.4 Å². The summed E-state index contributed by atoms with van der Waals surface area (Å²) in [4.78, 5) is 34.4. The van der Waals surface area contributed by atoms with E-state index in [0.717, 1.165) is 5.56 Å². The number of thiophene rings is 1. The monoisotopic (exact) mass is 577 g/mol. The maximum Gasteiger partial charge on any atom is 0.351 e. The second-order valence-corrected chi connectivity index (χ2v) is 10.2. The van der Waals surface area contributed by atoms with Crippen LogP contribution in [0.1, 0.15) is 49.9 Å². The molecule has 1 N–H and O–H groups in total. The number of aliphatic hydroxyl groups is 1. The fourth-order valence-electron chi connectivity index (χ4n) is 4.07. The third-order valence-corrected chi connectivity index (χ3v) is 7.56. The Morgan fingerprint density at radius 3 is 2.60 bits per heavy atom. The van der Waals surface area contributed by atoms with Gasteiger partial charge in [-0.15, -0.1) is 11.3 Å². The lowest BCUT2D eigenvalue weighted by molar-refractivity contribution is 0.0472. The summed E-state index contributed by atoms with van der Waals surface area (Å²) in [6.07, 6.45) is 4.40. The van der Waals surface area contributed by atoms with Crippen molar-refractivity contribution < 1.29 is 28.9 Å². The number of carbonyl (C=O) groups is 2. The normalized spacial score (nSPS) is 11.8. The zero-order valence-electron chi connectivity index (χ0n) is 21.5. The summed E-state index contributed by atoms with van der Waals surface area (Å²) in [5.74, 6) is -0.620. The molecule has 0 bridgehead atoms. The molecule has 0 fully saturated rings. The Kier molecular flexibility index (Phi) is 8.11. The maximum absolute atomic E-state index is 12.6. The summed E-state index contributed by atoms with van der Waals surface area (Å²) in [7, 11) is 1.31. The number of aliphatic hydroxyl groups excluding tert-OH is 1. The number of halogens is 1. The highest BCUT2D eigenvalue weighted by molar-refractivity contribution is 7.17. The first-order chi connectivity index (χ1) is 19.4. The van der Waals surface area contributed by atoms with E-state index >= 15 is 0 Å². The van der Waals surface area contributed by atoms with E-state index in [1.54, 1.807) is 65.5 Å². The highest BCUT2D eigenvalue weighted by atomic mass is 35.5. The van der Waals surface area contributed by atoms with Crippen LogP contribution in [0.15, 0.2) is 73.2 Å². The smallest absolute Gasteiger partial charge is 0.351 e. The Morgan fingerprint density at radius 1 is 1.07 bits per heavy atom. The number of imidazole rings is 1. The molecule has 0 saturated carbocycles. The number of hydrogen-bond acceptors (Lipinski definition) is 9. The number of ether oxygens (including phenoxy) is 3. The van der Waals surface area contributed by atoms with Gasteiger partial charge in [0.2, 0.25) is 0 Å². The minimum absolute atomic E-state index is 0.0656. The van der Waals surface area contributed by atoms with Crippen LogP contribution in [0.25, 0.3) is 16.2 Å². The van der Waals surface area contributed by atoms with Crippen LogP contribution in [-0.4, -0.2) is 38.5 Å². The summed E-state index contributed by atoms with van der Waals surface area (Å²) in [6, 6.07) is 15.8. The number of carbonyl (C=O) groups excluding carboxylic acids is 2. The van der Waals surface area contributed by atoms with Gasteiger partial charge in [0.05, 0.1) is 47.9 Å². The topological polar surface area (TPSA) is 112 Å². The molecular weight excluding hydrogens is 554 g/mol. The maximum atomic E-state index is 12.6. The third-order valence-electron chi connectivity index (χ3n) is 6.12. The van der Waals surface area contributed by atoms with Crippen LogP contribution in [0.4, 0.5) is 0 Å². The molecule has 5 rings (SSSR count). The number of esters is 2. The molecule has 3 aromatic heterocycles. The standard InChI is InChI=1S/C29H24ClN3O6S/c1-17(21-9-8-18(10-22(21)30)16-38-28(35)19-6-4-3-5-7-19)39-24-11-25(40-27(24)29(36)37-2)23-12-32-26-13-31-20(15-34)14-33(23)26/h3-14,17,34H,15-16H2,1-2H3/t17-/m1/s1. The average Bonchev–Trinajstić information content (AvgIpc) is 3.59. The van der Waals surface area contributed by atoms with Gasteiger partial charge in [-0.05, 0) is 30.7 Å². The number of fused-ring (bicyclic) bond motifs is 1. The molecule has 11 heteroatoms. The summed E-state index contributed by atoms with van der Waals surface area (Å²) in [5, 5.41) is 9.92. The van der Waals surface area contributed by atoms with Crippen molar-refractivity contribution in [1.29, 1.82) is 0 Å². The highest BCUT2D eigenvalue weighted by Crippen LogP contribution is 2.39. The Labute approximate surface area is 238 Å². The van der Waals surface area contributed by atoms with Crippen LogP contribution in [0.5, 0.6) is 5.75 Å². The van der Waals surface area contributed by atoms with Crippen LogP contribution in [0.2, 0.25) is 5.02 Å². The van der Waals surface area contributed by atoms with Crippen LogP contribution in [0, 0.1) is 0 Å². The number of nitrogens with zero attached hydrogens (tertiary/aromatic N) is 3. The third kappa shape index (κ3) is 5.69. The summed E-state index contributed by atoms with van der Waals surface area (Å²) >= 11 is 7.79. The van der Waals surface area contributed by atoms with Gasteiger partial charge in [0.25, 0.3) is 0 Å². The first-order valence-corrected chi connectivity index (χ1v) is 13.4. The van der Waals surface area contributed by atoms with Crippen LogP contribution in [-0.2, 0) is 22.7 Å². The number of aromatic nitrogens is 3. The van der Waals surface area contributed by atoms with E-state index < -0.39 is 18.0 Å². The number of benzene rings is 2. The van der Waals surface area contributed by atoms with Gasteiger partial charge in [-0.3, -0.25) is 9.38 Å². The lowest BCUT2D eigenvalue weighted by atomic mass is 10.1. The molecule has 0 radical (unpaired) electrons. The summed E-state index contributed by atoms with van der Waals surface area (Å²) in [5.41, 5.74) is 3.67. The summed E-state index contributed by atoms with van der Waals surface area (Å²) in [6.45, 7) is 1.67. The van der Waals surface area contributed by atoms with E-state index in [0.29, 0.717) is 43.8 Å². The zero-order valence-corrected chi connectivity index (χ0v) is 23.1. The highest BCUT2D eigenvalue weighted by Gasteiger charge is 2.23. The Hall–Kier alpha value is -4.25. The van der Waals surface area contributed by atoms with Crippen LogP contribution >= 0.6 is 22.9 Å². The second kappa shape index (κ2) is 11.9. The van der Waals surface area contributed by atoms with Crippen LogP contribution < -0.4 is 4.74 Å². The molecule has 0 aliphatic heterocycles. The minimum Gasteiger partial charge on any atom is -0.484 e. The number of rotatable bonds is 9. The van der Waals surface area contributed by atoms with Gasteiger partial charge in [0.15, 0.2) is 10.5 Å². The quantitative estimate of drug-likeness (QED) is 0.216. The Balaban J connectivity index is 1.36. The van der Waals surface area contributed by atoms with Crippen molar-refractivity contribution in [2.45, 2.75) is 26.2 Å². The fourth-order valence-corrected chi connectivity index (χ4v) is 5.44. The fraction of sp³-hybridized carbons (Fsp3) is 0.172. The molecular formula is C29H24ClN3O6S. The lowest BCUT2D eigenvalue weighted by Crippen LogP contribution is -2.08. The SMILES string of the molecule is COC(=O)c1sc(-c2cnc3cnc(CO)cn23)cc1O[C@H](C)c1ccc(COC(=O)c2ccccc2)cc1Cl. The van der Waals surface area contributed by atoms with Gasteiger partial charge in [-0.1, -0.05) is 41.9 Å². The molecule has 0 saturated heterocycles. The first-order valence-electron chi connectivity index (χ1n) is 12.2. The molecule has 0 unspecified atom stereocenters. The van der Waals surface area contributed by atoms with Crippen molar-refractivity contribution in [3.63, 3.8) is 0 Å². The molecule has 3 heterocycles. The molecule has 40 heavy (non-hydrogen) atoms. The van der Waals surface area contributed by atoms with Gasteiger partial charge in [0.1, 0.15) is 18.5 Å². The Bertz CT molecular complexity index is 1680. The van der Waals surface area contributed by atoms with Gasteiger partial charge < -0.3 is 19.3 Å². The molecule has 204 valence electrons. The van der Waals surface area contributed by atoms with Gasteiger partial charge in [-0.2, -0.15) is 0 Å². The minimum atomic E-state index is -0.535. The van der Waals surface area contributed by atoms with Crippen molar-refractivity contribution in [2.24, 2.45) is 0 Å². The molecule has 0 aliphatic rings. The van der Waals surface area contributed by atoms with Crippen molar-refractivity contribution in [3.8, 4) is 16.3 Å². The van der Waals surface area contributed by atoms with Gasteiger partial charge in [0, 0.05) is 22.8 Å². The van der Waals surface area contributed by atoms with Gasteiger partial charge >= 0.3 is 11.9 Å². The van der Waals surface area contributed by atoms with Crippen molar-refractivity contribution in [3.05, 3.63) is 105 Å². The summed E-state index contributed by atoms with van der Waals surface area (Å²) < 4.78 is 18.4. The number of methoxy groups -OCH3 is 1. The van der Waals surface area contributed by atoms with Crippen LogP contribution in [0.3, 0.4) is 0 Å². The second-order valence-electron chi connectivity index (χ2n) is 8.76. The van der Waals surface area contributed by atoms with E-state index in [-0.39, 0.29) is 18.1 Å². The molecule has 0 spiro atoms. The molecule has 0 amide bonds. The average molecular weight is 578 g/mol. The van der Waals surface area contributed by atoms with E-state index in [4.69, 9.17) is 25.8 Å². The van der Waals surface area contributed by atoms with Gasteiger partial charge in [-0.25, -0.2) is 14.6 Å². The predicted octanol–water partition coefficient (Wildman–Crippen LogP) is 5.89. The van der Waals surface area contributed by atoms with E-state index in [9.17, 15) is 14.7 Å². The molecule has 1 atom stereocenters. The largest absolute Gasteiger partial charge is 0.484 e. The first kappa shape index (κ1) is 27.3. The zero-order chi connectivity index (χ0) is 28.2. The molecule has 0 aliphatic carbocycles. The molecule has 2 aromatic carbocycles.